The van der Waals surface area contributed by atoms with E-state index < -0.39 is 262 Å². The van der Waals surface area contributed by atoms with Gasteiger partial charge in [-0.1, -0.05) is 30.5 Å². The minimum atomic E-state index is -6.01. The maximum atomic E-state index is 15.3. The van der Waals surface area contributed by atoms with Crippen molar-refractivity contribution in [3.63, 3.8) is 0 Å². The highest BCUT2D eigenvalue weighted by molar-refractivity contribution is 8.32. The summed E-state index contributed by atoms with van der Waals surface area (Å²) in [4.78, 5) is 178. The summed E-state index contributed by atoms with van der Waals surface area (Å²) in [6, 6.07) is 0. The molecule has 0 aliphatic carbocycles. The molecule has 0 spiro atoms. The van der Waals surface area contributed by atoms with Crippen LogP contribution in [0.1, 0.15) is 85.6 Å². The van der Waals surface area contributed by atoms with E-state index in [2.05, 4.69) is 24.9 Å². The van der Waals surface area contributed by atoms with Gasteiger partial charge in [-0.25, -0.2) is 24.0 Å². The average Bonchev–Trinajstić information content (AvgIpc) is 1.62. The van der Waals surface area contributed by atoms with Crippen LogP contribution < -0.4 is 76.2 Å². The third kappa shape index (κ3) is 27.6. The highest BCUT2D eigenvalue weighted by atomic mass is 32.7. The van der Waals surface area contributed by atoms with Gasteiger partial charge in [-0.3, -0.25) is 65.9 Å². The lowest BCUT2D eigenvalue weighted by atomic mass is 10.1. The molecule has 11 unspecified atom stereocenters. The van der Waals surface area contributed by atoms with Gasteiger partial charge in [0.05, 0.1) is 117 Å². The summed E-state index contributed by atoms with van der Waals surface area (Å²) >= 11 is 16.5. The predicted molar refractivity (Wildman–Crippen MR) is 459 cm³/mol. The SMILES string of the molecule is CC[C@H]1O[C@@H](n2cc(C)c(=O)[nH]c2=O)CC1OP([O-])(=S)OC[C@H]1O[C@@H](n2cc(C)c(=O)[nH]c2=O)[C@@H](OCCOC)C1OP(=O)([O-])OC[C@H]1O[C@@H](C)[C@@H](OCCOC)C1OP(=O)([O-])OC[C@H]1O[C@@H](n2cc(C)c(N)nc2=O)[C@@H](OCCOC)C1OP(=O)([S-])OC[C@H]1O[C@@H](n2cc(C)c(=O)[nH]c2=O)[C@@H](OCCOC)C1OP([O-])(=S)OC[C@H]1O[C@@H](n2cc(C)c(N)nc2=O)[C@@H](OCCOC)C1O. The summed E-state index contributed by atoms with van der Waals surface area (Å²) in [5.41, 5.74) is 5.30. The summed E-state index contributed by atoms with van der Waals surface area (Å²) in [5.74, 6) is -0.334. The number of nitrogens with one attached hydrogen (secondary N) is 3. The molecule has 62 heteroatoms. The van der Waals surface area contributed by atoms with Gasteiger partial charge in [-0.2, -0.15) is 9.97 Å². The molecule has 0 radical (unpaired) electrons. The standard InChI is InChI=1S/C72H111N12O42P5S3/c1-13-41-42(24-48(117-41)80-27-37(4)61(86)77-70(80)91)122-129(98,132)114-33-46-52(56(108-21-16-103-10)65(120-46)83-28-38(5)62(87)78-71(83)92)124-128(96,97)111-31-44-51(50(40(7)116-44)106-19-14-101-8)123-127(94,95)112-32-45-53(57(109-22-17-104-11)66(119-45)82-26-36(3)60(74)76-69(82)90)125-131(100,134)115-34-47-54(58(110-23-18-105-12)67(121-47)84-29-39(6)63(88)79-72(84)93)126-130(99,133)113-30-43-49(85)55(107-20-15-102-9)64(118-43)81-25-35(2)59(73)75-68(81)89/h25-29,40-58,64-67,85H,13-24,30-34H2,1-12H3,(H,94,95)(H,96,97)(H,98,132)(H,99,133)(H,100,134)(H2,73,75,89)(H2,74,76,90)(H,77,86,91)(H,78,87,92)(H,79,88,93)/p-5/t40-,41+,42?,43+,44+,45+,46+,47+,48+,49?,50+,51?,52?,53?,54?,55-,56-,57-,58-,64+,65+,66+,67+,129?,130?,131?/m0/s1. The first-order valence-electron chi connectivity index (χ1n) is 41.3. The van der Waals surface area contributed by atoms with E-state index in [9.17, 15) is 72.2 Å². The fourth-order valence-electron chi connectivity index (χ4n) is 15.1. The van der Waals surface area contributed by atoms with Crippen LogP contribution in [0.5, 0.6) is 0 Å². The Labute approximate surface area is 777 Å². The molecule has 0 bridgehead atoms. The van der Waals surface area contributed by atoms with Gasteiger partial charge in [0.2, 0.25) is 0 Å². The van der Waals surface area contributed by atoms with Crippen molar-refractivity contribution in [3.8, 4) is 0 Å². The highest BCUT2D eigenvalue weighted by Crippen LogP contribution is 2.56. The van der Waals surface area contributed by atoms with Crippen LogP contribution in [-0.4, -0.2) is 297 Å². The van der Waals surface area contributed by atoms with E-state index in [1.807, 2.05) is 0 Å². The summed E-state index contributed by atoms with van der Waals surface area (Å²) in [6.07, 6.45) is -31.2. The van der Waals surface area contributed by atoms with Crippen LogP contribution in [0.4, 0.5) is 11.6 Å². The number of rotatable bonds is 51. The Hall–Kier alpha value is -5.50. The topological polar surface area (TPSA) is 690 Å². The van der Waals surface area contributed by atoms with Crippen molar-refractivity contribution in [2.75, 3.05) is 146 Å². The third-order valence-corrected chi connectivity index (χ3v) is 28.3. The van der Waals surface area contributed by atoms with Gasteiger partial charge in [-0.05, 0) is 48.0 Å². The molecule has 0 amide bonds. The number of ether oxygens (including phenoxy) is 16. The van der Waals surface area contributed by atoms with Gasteiger partial charge >= 0.3 is 28.4 Å². The fourth-order valence-corrected chi connectivity index (χ4v) is 21.3. The lowest BCUT2D eigenvalue weighted by molar-refractivity contribution is -0.241. The number of H-pyrrole nitrogens is 3. The zero-order valence-corrected chi connectivity index (χ0v) is 81.0. The number of methoxy groups -OCH3 is 5. The number of aromatic nitrogens is 10. The highest BCUT2D eigenvalue weighted by Gasteiger charge is 2.56. The zero-order chi connectivity index (χ0) is 97.8. The molecule has 5 aromatic heterocycles. The van der Waals surface area contributed by atoms with Crippen molar-refractivity contribution in [2.24, 2.45) is 0 Å². The van der Waals surface area contributed by atoms with Crippen molar-refractivity contribution >= 4 is 83.4 Å². The van der Waals surface area contributed by atoms with Gasteiger partial charge in [0.25, 0.3) is 32.3 Å². The smallest absolute Gasteiger partial charge is 0.351 e. The molecular weight excluding hydrogens is 1960 g/mol. The molecule has 6 aliphatic rings. The monoisotopic (exact) mass is 2060 g/mol. The summed E-state index contributed by atoms with van der Waals surface area (Å²) < 4.78 is 201. The first kappa shape index (κ1) is 109. The summed E-state index contributed by atoms with van der Waals surface area (Å²) in [7, 11) is -5.35. The molecular formula is C72H106N12O42P5S3-5. The number of aryl methyl sites for hydroxylation is 5. The zero-order valence-electron chi connectivity index (χ0n) is 74.1. The van der Waals surface area contributed by atoms with E-state index in [1.165, 1.54) is 88.8 Å². The lowest BCUT2D eigenvalue weighted by Crippen LogP contribution is -2.42. The van der Waals surface area contributed by atoms with Crippen LogP contribution in [0, 0.1) is 34.6 Å². The molecule has 0 aromatic carbocycles. The predicted octanol–water partition coefficient (Wildman–Crippen LogP) is -3.78. The molecule has 8 N–H and O–H groups in total. The van der Waals surface area contributed by atoms with Crippen LogP contribution in [0.3, 0.4) is 0 Å². The Bertz CT molecular complexity index is 5600. The van der Waals surface area contributed by atoms with E-state index in [4.69, 9.17) is 168 Å². The minimum Gasteiger partial charge on any atom is -0.780 e. The molecule has 5 aromatic rings. The van der Waals surface area contributed by atoms with Crippen LogP contribution in [0.15, 0.2) is 69.3 Å². The van der Waals surface area contributed by atoms with Gasteiger partial charge in [0.1, 0.15) is 123 Å². The number of aromatic amines is 3. The molecule has 754 valence electrons. The number of nitrogens with two attached hydrogens (primary N) is 2. The van der Waals surface area contributed by atoms with Crippen molar-refractivity contribution in [1.29, 1.82) is 0 Å². The number of phosphoric ester groups is 2. The quantitative estimate of drug-likeness (QED) is 0.0124. The van der Waals surface area contributed by atoms with Crippen LogP contribution in [0.2, 0.25) is 0 Å². The summed E-state index contributed by atoms with van der Waals surface area (Å²) in [5, 5.41) is 11.7. The molecule has 28 atom stereocenters. The molecule has 6 aliphatic heterocycles. The number of aliphatic hydroxyl groups excluding tert-OH is 1. The maximum absolute atomic E-state index is 15.3. The van der Waals surface area contributed by atoms with E-state index in [1.54, 1.807) is 13.8 Å². The molecule has 6 fully saturated rings. The number of aliphatic hydroxyl groups is 1. The van der Waals surface area contributed by atoms with Crippen LogP contribution in [-0.2, 0) is 171 Å². The van der Waals surface area contributed by atoms with E-state index >= 15 is 4.57 Å². The molecule has 11 heterocycles. The number of hydrogen-bond donors (Lipinski definition) is 6. The number of hydrogen-bond acceptors (Lipinski definition) is 49. The van der Waals surface area contributed by atoms with Crippen molar-refractivity contribution in [2.45, 2.75) is 202 Å². The summed E-state index contributed by atoms with van der Waals surface area (Å²) in [6.45, 7) is -12.4. The van der Waals surface area contributed by atoms with Gasteiger partial charge in [0, 0.05) is 101 Å². The Morgan fingerprint density at radius 1 is 0.425 bits per heavy atom. The molecule has 134 heavy (non-hydrogen) atoms. The van der Waals surface area contributed by atoms with Gasteiger partial charge in [0.15, 0.2) is 31.7 Å². The van der Waals surface area contributed by atoms with Crippen LogP contribution in [0.25, 0.3) is 0 Å². The second-order valence-electron chi connectivity index (χ2n) is 31.1. The Morgan fingerprint density at radius 2 is 0.754 bits per heavy atom. The molecule has 11 rings (SSSR count). The first-order chi connectivity index (χ1) is 63.3. The number of phosphoric acid groups is 2. The van der Waals surface area contributed by atoms with E-state index in [-0.39, 0.29) is 106 Å². The third-order valence-electron chi connectivity index (χ3n) is 21.7. The number of nitrogens with zero attached hydrogens (tertiary/aromatic N) is 7. The van der Waals surface area contributed by atoms with E-state index in [0.29, 0.717) is 5.56 Å². The van der Waals surface area contributed by atoms with Crippen molar-refractivity contribution in [1.82, 2.24) is 47.8 Å². The fraction of sp³-hybridized carbons (Fsp3) is 0.722. The Morgan fingerprint density at radius 3 is 1.19 bits per heavy atom. The second kappa shape index (κ2) is 47.8. The number of nitrogen functional groups attached to an aromatic ring is 2. The first-order valence-corrected chi connectivity index (χ1v) is 51.9. The second-order valence-corrected chi connectivity index (χ2v) is 42.0. The van der Waals surface area contributed by atoms with E-state index in [0.717, 1.165) is 35.2 Å². The lowest BCUT2D eigenvalue weighted by Gasteiger charge is -2.36. The molecule has 0 saturated carbocycles. The van der Waals surface area contributed by atoms with Crippen LogP contribution >= 0.6 is 35.9 Å². The number of anilines is 2. The minimum absolute atomic E-state index is 0.0217. The van der Waals surface area contributed by atoms with Crippen molar-refractivity contribution in [3.05, 3.63) is 142 Å². The normalized spacial score (nSPS) is 30.5. The largest absolute Gasteiger partial charge is 0.780 e. The maximum Gasteiger partial charge on any atom is 0.351 e. The van der Waals surface area contributed by atoms with Crippen molar-refractivity contribution < 1.29 is 159 Å². The molecule has 54 nitrogen and oxygen atoms in total. The van der Waals surface area contributed by atoms with Gasteiger partial charge < -0.3 is 169 Å². The average molecular weight is 2060 g/mol. The molecule has 6 saturated heterocycles. The Balaban J connectivity index is 0.852. The Kier molecular flexibility index (Phi) is 38.9. The van der Waals surface area contributed by atoms with Gasteiger partial charge in [-0.15, -0.1) is 0 Å².